The topological polar surface area (TPSA) is 53.0 Å². The van der Waals surface area contributed by atoms with E-state index in [4.69, 9.17) is 9.72 Å². The summed E-state index contributed by atoms with van der Waals surface area (Å²) in [6.45, 7) is 9.11. The van der Waals surface area contributed by atoms with Crippen molar-refractivity contribution in [2.45, 2.75) is 58.3 Å². The van der Waals surface area contributed by atoms with E-state index in [-0.39, 0.29) is 36.2 Å². The zero-order chi connectivity index (χ0) is 18.9. The first-order valence-corrected chi connectivity index (χ1v) is 10.4. The summed E-state index contributed by atoms with van der Waals surface area (Å²) in [5, 5.41) is 3.53. The third-order valence-corrected chi connectivity index (χ3v) is 6.37. The van der Waals surface area contributed by atoms with Crippen molar-refractivity contribution in [3.63, 3.8) is 0 Å². The molecule has 28 heavy (non-hydrogen) atoms. The molecule has 7 heteroatoms. The van der Waals surface area contributed by atoms with E-state index < -0.39 is 0 Å². The second-order valence-electron chi connectivity index (χ2n) is 8.61. The first kappa shape index (κ1) is 21.6. The van der Waals surface area contributed by atoms with Crippen LogP contribution in [0.1, 0.15) is 45.1 Å². The average Bonchev–Trinajstić information content (AvgIpc) is 3.08. The van der Waals surface area contributed by atoms with Gasteiger partial charge in [-0.05, 0) is 50.2 Å². The molecule has 1 aromatic heterocycles. The number of ether oxygens (including phenoxy) is 1. The van der Waals surface area contributed by atoms with Crippen LogP contribution in [-0.2, 0) is 11.3 Å². The summed E-state index contributed by atoms with van der Waals surface area (Å²) in [4.78, 5) is 13.9. The minimum atomic E-state index is 0. The normalized spacial score (nSPS) is 26.8. The van der Waals surface area contributed by atoms with Gasteiger partial charge in [0.1, 0.15) is 5.82 Å². The second-order valence-corrected chi connectivity index (χ2v) is 8.61. The smallest absolute Gasteiger partial charge is 0.193 e. The van der Waals surface area contributed by atoms with Gasteiger partial charge < -0.3 is 19.9 Å². The molecule has 3 heterocycles. The molecule has 0 bridgehead atoms. The summed E-state index contributed by atoms with van der Waals surface area (Å²) < 4.78 is 5.82. The monoisotopic (exact) mass is 499 g/mol. The molecule has 2 unspecified atom stereocenters. The molecule has 1 saturated carbocycles. The fraction of sp³-hybridized carbons (Fsp3) is 0.714. The van der Waals surface area contributed by atoms with Gasteiger partial charge in [0.2, 0.25) is 0 Å². The van der Waals surface area contributed by atoms with Crippen LogP contribution in [0.25, 0.3) is 0 Å². The highest BCUT2D eigenvalue weighted by atomic mass is 127. The summed E-state index contributed by atoms with van der Waals surface area (Å²) in [7, 11) is 1.89. The van der Waals surface area contributed by atoms with E-state index in [1.54, 1.807) is 0 Å². The van der Waals surface area contributed by atoms with Gasteiger partial charge >= 0.3 is 0 Å². The predicted octanol–water partition coefficient (Wildman–Crippen LogP) is 3.26. The summed E-state index contributed by atoms with van der Waals surface area (Å²) in [5.74, 6) is 2.07. The number of anilines is 1. The van der Waals surface area contributed by atoms with Crippen molar-refractivity contribution in [1.29, 1.82) is 0 Å². The van der Waals surface area contributed by atoms with Crippen LogP contribution in [0, 0.1) is 5.41 Å². The van der Waals surface area contributed by atoms with Crippen molar-refractivity contribution in [1.82, 2.24) is 15.2 Å². The number of likely N-dealkylation sites (tertiary alicyclic amines) is 1. The Kier molecular flexibility index (Phi) is 7.07. The van der Waals surface area contributed by atoms with E-state index in [0.717, 1.165) is 44.5 Å². The fourth-order valence-corrected chi connectivity index (χ4v) is 4.79. The molecule has 2 aliphatic heterocycles. The Morgan fingerprint density at radius 2 is 2.00 bits per heavy atom. The Balaban J connectivity index is 0.00000225. The number of guanidine groups is 1. The van der Waals surface area contributed by atoms with E-state index in [2.05, 4.69) is 46.1 Å². The van der Waals surface area contributed by atoms with E-state index in [0.29, 0.717) is 5.41 Å². The van der Waals surface area contributed by atoms with E-state index in [9.17, 15) is 0 Å². The molecule has 6 nitrogen and oxygen atoms in total. The molecule has 1 N–H and O–H groups in total. The Labute approximate surface area is 186 Å². The Morgan fingerprint density at radius 3 is 2.54 bits per heavy atom. The van der Waals surface area contributed by atoms with E-state index >= 15 is 0 Å². The van der Waals surface area contributed by atoms with Crippen LogP contribution < -0.4 is 10.2 Å². The molecular weight excluding hydrogens is 465 g/mol. The Hall–Kier alpha value is -1.09. The van der Waals surface area contributed by atoms with Crippen molar-refractivity contribution < 1.29 is 4.74 Å². The van der Waals surface area contributed by atoms with Gasteiger partial charge in [-0.3, -0.25) is 4.99 Å². The second kappa shape index (κ2) is 9.15. The molecule has 2 atom stereocenters. The van der Waals surface area contributed by atoms with Gasteiger partial charge in [0.05, 0.1) is 12.2 Å². The maximum atomic E-state index is 5.82. The highest BCUT2D eigenvalue weighted by Crippen LogP contribution is 2.47. The average molecular weight is 499 g/mol. The fourth-order valence-electron chi connectivity index (χ4n) is 4.79. The molecule has 0 amide bonds. The number of halogens is 1. The van der Waals surface area contributed by atoms with E-state index in [1.807, 2.05) is 13.2 Å². The third-order valence-electron chi connectivity index (χ3n) is 6.37. The maximum Gasteiger partial charge on any atom is 0.193 e. The third kappa shape index (κ3) is 4.72. The number of hydrogen-bond donors (Lipinski definition) is 1. The van der Waals surface area contributed by atoms with Gasteiger partial charge in [-0.1, -0.05) is 12.5 Å². The lowest BCUT2D eigenvalue weighted by Gasteiger charge is -2.38. The van der Waals surface area contributed by atoms with Gasteiger partial charge in [0, 0.05) is 46.0 Å². The van der Waals surface area contributed by atoms with Gasteiger partial charge in [-0.2, -0.15) is 0 Å². The predicted molar refractivity (Wildman–Crippen MR) is 125 cm³/mol. The molecule has 4 rings (SSSR count). The summed E-state index contributed by atoms with van der Waals surface area (Å²) in [6, 6.07) is 4.30. The molecule has 1 spiro atoms. The molecule has 2 saturated heterocycles. The molecular formula is C21H34IN5O. The Morgan fingerprint density at radius 1 is 1.25 bits per heavy atom. The maximum absolute atomic E-state index is 5.82. The number of aliphatic imine (C=N–C) groups is 1. The first-order valence-electron chi connectivity index (χ1n) is 10.4. The van der Waals surface area contributed by atoms with Crippen molar-refractivity contribution in [3.05, 3.63) is 23.9 Å². The minimum Gasteiger partial charge on any atom is -0.372 e. The number of aromatic nitrogens is 1. The van der Waals surface area contributed by atoms with Crippen LogP contribution in [0.15, 0.2) is 23.3 Å². The van der Waals surface area contributed by atoms with Gasteiger partial charge in [-0.15, -0.1) is 24.0 Å². The minimum absolute atomic E-state index is 0. The number of morpholine rings is 1. The van der Waals surface area contributed by atoms with Gasteiger partial charge in [0.25, 0.3) is 0 Å². The summed E-state index contributed by atoms with van der Waals surface area (Å²) in [5.41, 5.74) is 1.78. The number of nitrogens with one attached hydrogen (secondary N) is 1. The molecule has 1 aromatic rings. The number of rotatable bonds is 3. The SMILES string of the molecule is CN=C(NCc1ccc(N2CC(C)OC(C)C2)nc1)N1CCC2(CCC2)C1.I. The molecule has 1 aliphatic carbocycles. The van der Waals surface area contributed by atoms with Gasteiger partial charge in [-0.25, -0.2) is 4.98 Å². The molecule has 0 radical (unpaired) electrons. The lowest BCUT2D eigenvalue weighted by Crippen LogP contribution is -2.45. The highest BCUT2D eigenvalue weighted by molar-refractivity contribution is 14.0. The van der Waals surface area contributed by atoms with Crippen molar-refractivity contribution in [3.8, 4) is 0 Å². The number of hydrogen-bond acceptors (Lipinski definition) is 4. The van der Waals surface area contributed by atoms with Crippen LogP contribution >= 0.6 is 24.0 Å². The molecule has 3 fully saturated rings. The van der Waals surface area contributed by atoms with Gasteiger partial charge in [0.15, 0.2) is 5.96 Å². The molecule has 156 valence electrons. The zero-order valence-corrected chi connectivity index (χ0v) is 19.7. The standard InChI is InChI=1S/C21H33N5O.HI/c1-16-13-26(14-17(2)27-16)19-6-5-18(11-23-19)12-24-20(22-3)25-10-9-21(15-25)7-4-8-21;/h5-6,11,16-17H,4,7-10,12-15H2,1-3H3,(H,22,24);1H. The number of nitrogens with zero attached hydrogens (tertiary/aromatic N) is 4. The van der Waals surface area contributed by atoms with Crippen LogP contribution in [-0.4, -0.2) is 61.3 Å². The molecule has 3 aliphatic rings. The van der Waals surface area contributed by atoms with Crippen LogP contribution in [0.3, 0.4) is 0 Å². The van der Waals surface area contributed by atoms with Crippen LogP contribution in [0.4, 0.5) is 5.82 Å². The largest absolute Gasteiger partial charge is 0.372 e. The molecule has 0 aromatic carbocycles. The van der Waals surface area contributed by atoms with Crippen molar-refractivity contribution >= 4 is 35.8 Å². The summed E-state index contributed by atoms with van der Waals surface area (Å²) in [6.07, 6.45) is 7.99. The van der Waals surface area contributed by atoms with Crippen LogP contribution in [0.2, 0.25) is 0 Å². The highest BCUT2D eigenvalue weighted by Gasteiger charge is 2.43. The quantitative estimate of drug-likeness (QED) is 0.393. The van der Waals surface area contributed by atoms with Crippen molar-refractivity contribution in [2.75, 3.05) is 38.1 Å². The summed E-state index contributed by atoms with van der Waals surface area (Å²) >= 11 is 0. The lowest BCUT2D eigenvalue weighted by atomic mass is 9.68. The number of pyridine rings is 1. The lowest BCUT2D eigenvalue weighted by molar-refractivity contribution is -0.00545. The van der Waals surface area contributed by atoms with E-state index in [1.165, 1.54) is 31.2 Å². The van der Waals surface area contributed by atoms with Crippen molar-refractivity contribution in [2.24, 2.45) is 10.4 Å². The van der Waals surface area contributed by atoms with Crippen LogP contribution in [0.5, 0.6) is 0 Å². The zero-order valence-electron chi connectivity index (χ0n) is 17.4. The first-order chi connectivity index (χ1) is 13.1. The Bertz CT molecular complexity index is 666.